The van der Waals surface area contributed by atoms with Gasteiger partial charge in [-0.15, -0.1) is 0 Å². The molecule has 0 bridgehead atoms. The minimum atomic E-state index is 0.364. The second kappa shape index (κ2) is 4.57. The molecular weight excluding hydrogens is 214 g/mol. The van der Waals surface area contributed by atoms with Crippen molar-refractivity contribution in [1.29, 1.82) is 0 Å². The number of likely N-dealkylation sites (tertiary alicyclic amines) is 1. The van der Waals surface area contributed by atoms with Crippen LogP contribution in [-0.2, 0) is 6.54 Å². The van der Waals surface area contributed by atoms with Crippen molar-refractivity contribution in [2.24, 2.45) is 5.92 Å². The maximum absolute atomic E-state index is 5.54. The van der Waals surface area contributed by atoms with Crippen LogP contribution in [0.2, 0.25) is 0 Å². The molecule has 2 heterocycles. The van der Waals surface area contributed by atoms with E-state index in [1.54, 1.807) is 0 Å². The van der Waals surface area contributed by atoms with Crippen molar-refractivity contribution in [2.75, 3.05) is 19.9 Å². The van der Waals surface area contributed by atoms with Gasteiger partial charge in [-0.05, 0) is 37.9 Å². The molecule has 2 aliphatic heterocycles. The van der Waals surface area contributed by atoms with Crippen LogP contribution in [0.5, 0.6) is 11.5 Å². The summed E-state index contributed by atoms with van der Waals surface area (Å²) in [5, 5.41) is 0. The summed E-state index contributed by atoms with van der Waals surface area (Å²) in [5.41, 5.74) is 1.26. The van der Waals surface area contributed by atoms with Crippen LogP contribution in [0.3, 0.4) is 0 Å². The molecule has 3 rings (SSSR count). The Kier molecular flexibility index (Phi) is 2.93. The van der Waals surface area contributed by atoms with Gasteiger partial charge in [0.1, 0.15) is 0 Å². The quantitative estimate of drug-likeness (QED) is 0.784. The molecule has 0 saturated carbocycles. The molecule has 3 nitrogen and oxygen atoms in total. The van der Waals surface area contributed by atoms with Crippen molar-refractivity contribution in [1.82, 2.24) is 4.90 Å². The molecule has 3 heteroatoms. The van der Waals surface area contributed by atoms with Crippen LogP contribution in [0, 0.1) is 5.92 Å². The molecule has 1 saturated heterocycles. The number of rotatable bonds is 2. The number of hydrogen-bond donors (Lipinski definition) is 0. The van der Waals surface area contributed by atoms with Crippen LogP contribution in [0.25, 0.3) is 0 Å². The van der Waals surface area contributed by atoms with E-state index in [2.05, 4.69) is 24.0 Å². The second-order valence-electron chi connectivity index (χ2n) is 5.11. The molecule has 1 fully saturated rings. The Bertz CT molecular complexity index is 397. The Balaban J connectivity index is 1.71. The zero-order chi connectivity index (χ0) is 11.7. The third-order valence-corrected chi connectivity index (χ3v) is 3.75. The summed E-state index contributed by atoms with van der Waals surface area (Å²) in [6.07, 6.45) is 2.62. The fourth-order valence-electron chi connectivity index (χ4n) is 2.58. The monoisotopic (exact) mass is 233 g/mol. The predicted molar refractivity (Wildman–Crippen MR) is 66.2 cm³/mol. The molecule has 0 radical (unpaired) electrons. The number of nitrogens with zero attached hydrogens (tertiary/aromatic N) is 1. The van der Waals surface area contributed by atoms with E-state index in [-0.39, 0.29) is 0 Å². The molecule has 0 unspecified atom stereocenters. The van der Waals surface area contributed by atoms with Gasteiger partial charge in [0.2, 0.25) is 6.79 Å². The summed E-state index contributed by atoms with van der Waals surface area (Å²) in [4.78, 5) is 2.51. The zero-order valence-electron chi connectivity index (χ0n) is 10.3. The van der Waals surface area contributed by atoms with Crippen molar-refractivity contribution in [3.05, 3.63) is 23.8 Å². The van der Waals surface area contributed by atoms with Crippen LogP contribution in [0.4, 0.5) is 0 Å². The van der Waals surface area contributed by atoms with Crippen molar-refractivity contribution in [3.8, 4) is 11.5 Å². The normalized spacial score (nSPS) is 20.8. The molecular formula is C14H19NO2. The Hall–Kier alpha value is -1.22. The minimum Gasteiger partial charge on any atom is -0.454 e. The van der Waals surface area contributed by atoms with Gasteiger partial charge in [-0.25, -0.2) is 0 Å². The van der Waals surface area contributed by atoms with Crippen LogP contribution in [0.15, 0.2) is 18.2 Å². The highest BCUT2D eigenvalue weighted by atomic mass is 16.7. The Morgan fingerprint density at radius 2 is 2.06 bits per heavy atom. The van der Waals surface area contributed by atoms with Crippen LogP contribution >= 0.6 is 0 Å². The molecule has 0 aromatic heterocycles. The molecule has 0 spiro atoms. The lowest BCUT2D eigenvalue weighted by molar-refractivity contribution is 0.166. The lowest BCUT2D eigenvalue weighted by Gasteiger charge is -2.30. The second-order valence-corrected chi connectivity index (χ2v) is 5.11. The Morgan fingerprint density at radius 1 is 1.24 bits per heavy atom. The fourth-order valence-corrected chi connectivity index (χ4v) is 2.58. The number of ether oxygens (including phenoxy) is 2. The van der Waals surface area contributed by atoms with Crippen molar-refractivity contribution in [3.63, 3.8) is 0 Å². The summed E-state index contributed by atoms with van der Waals surface area (Å²) in [6, 6.07) is 6.17. The van der Waals surface area contributed by atoms with Gasteiger partial charge in [-0.2, -0.15) is 0 Å². The minimum absolute atomic E-state index is 0.364. The summed E-state index contributed by atoms with van der Waals surface area (Å²) in [6.45, 7) is 6.09. The van der Waals surface area contributed by atoms with Crippen LogP contribution in [0.1, 0.15) is 25.3 Å². The van der Waals surface area contributed by atoms with Gasteiger partial charge in [0.25, 0.3) is 0 Å². The average molecular weight is 233 g/mol. The Labute approximate surface area is 102 Å². The van der Waals surface area contributed by atoms with E-state index in [1.165, 1.54) is 31.5 Å². The third-order valence-electron chi connectivity index (χ3n) is 3.75. The number of para-hydroxylation sites is 1. The van der Waals surface area contributed by atoms with Gasteiger partial charge in [-0.3, -0.25) is 4.90 Å². The van der Waals surface area contributed by atoms with E-state index in [0.717, 1.165) is 24.0 Å². The number of fused-ring (bicyclic) bond motifs is 1. The first kappa shape index (κ1) is 10.9. The van der Waals surface area contributed by atoms with Crippen LogP contribution in [-0.4, -0.2) is 24.8 Å². The van der Waals surface area contributed by atoms with Gasteiger partial charge in [0, 0.05) is 12.1 Å². The van der Waals surface area contributed by atoms with Gasteiger partial charge in [0.15, 0.2) is 11.5 Å². The van der Waals surface area contributed by atoms with E-state index in [9.17, 15) is 0 Å². The highest BCUT2D eigenvalue weighted by Gasteiger charge is 2.21. The zero-order valence-corrected chi connectivity index (χ0v) is 10.3. The highest BCUT2D eigenvalue weighted by Crippen LogP contribution is 2.36. The topological polar surface area (TPSA) is 21.7 Å². The summed E-state index contributed by atoms with van der Waals surface area (Å²) < 4.78 is 10.9. The molecule has 0 N–H and O–H groups in total. The van der Waals surface area contributed by atoms with Crippen molar-refractivity contribution >= 4 is 0 Å². The van der Waals surface area contributed by atoms with E-state index < -0.39 is 0 Å². The van der Waals surface area contributed by atoms with E-state index in [0.29, 0.717) is 6.79 Å². The van der Waals surface area contributed by atoms with Crippen molar-refractivity contribution in [2.45, 2.75) is 26.3 Å². The number of benzene rings is 1. The number of hydrogen-bond acceptors (Lipinski definition) is 3. The summed E-state index contributed by atoms with van der Waals surface area (Å²) >= 11 is 0. The summed E-state index contributed by atoms with van der Waals surface area (Å²) in [5.74, 6) is 2.73. The van der Waals surface area contributed by atoms with Crippen molar-refractivity contribution < 1.29 is 9.47 Å². The van der Waals surface area contributed by atoms with Gasteiger partial charge in [-0.1, -0.05) is 19.1 Å². The molecule has 1 aromatic carbocycles. The lowest BCUT2D eigenvalue weighted by Crippen LogP contribution is -2.32. The molecule has 2 aliphatic rings. The largest absolute Gasteiger partial charge is 0.454 e. The molecule has 0 atom stereocenters. The summed E-state index contributed by atoms with van der Waals surface area (Å²) in [7, 11) is 0. The third kappa shape index (κ3) is 2.25. The molecule has 92 valence electrons. The Morgan fingerprint density at radius 3 is 2.88 bits per heavy atom. The van der Waals surface area contributed by atoms with E-state index in [4.69, 9.17) is 9.47 Å². The molecule has 17 heavy (non-hydrogen) atoms. The first-order chi connectivity index (χ1) is 8.33. The molecule has 0 amide bonds. The van der Waals surface area contributed by atoms with E-state index >= 15 is 0 Å². The average Bonchev–Trinajstić information content (AvgIpc) is 2.81. The smallest absolute Gasteiger partial charge is 0.231 e. The highest BCUT2D eigenvalue weighted by molar-refractivity contribution is 5.48. The fraction of sp³-hybridized carbons (Fsp3) is 0.571. The predicted octanol–water partition coefficient (Wildman–Crippen LogP) is 2.65. The number of piperidine rings is 1. The maximum Gasteiger partial charge on any atom is 0.231 e. The molecule has 0 aliphatic carbocycles. The SMILES string of the molecule is CC1CCN(Cc2cccc3c2OCO3)CC1. The van der Waals surface area contributed by atoms with Gasteiger partial charge < -0.3 is 9.47 Å². The van der Waals surface area contributed by atoms with E-state index in [1.807, 2.05) is 6.07 Å². The van der Waals surface area contributed by atoms with Gasteiger partial charge in [0.05, 0.1) is 0 Å². The first-order valence-corrected chi connectivity index (χ1v) is 6.43. The van der Waals surface area contributed by atoms with Gasteiger partial charge >= 0.3 is 0 Å². The molecule has 1 aromatic rings. The maximum atomic E-state index is 5.54. The lowest BCUT2D eigenvalue weighted by atomic mass is 9.99. The van der Waals surface area contributed by atoms with Crippen LogP contribution < -0.4 is 9.47 Å². The first-order valence-electron chi connectivity index (χ1n) is 6.43. The standard InChI is InChI=1S/C14H19NO2/c1-11-5-7-15(8-6-11)9-12-3-2-4-13-14(12)17-10-16-13/h2-4,11H,5-10H2,1H3.